The summed E-state index contributed by atoms with van der Waals surface area (Å²) in [5.41, 5.74) is 6.60. The summed E-state index contributed by atoms with van der Waals surface area (Å²) < 4.78 is 5.30. The quantitative estimate of drug-likeness (QED) is 0.794. The van der Waals surface area contributed by atoms with Crippen molar-refractivity contribution in [2.24, 2.45) is 17.1 Å². The molecule has 1 fully saturated rings. The summed E-state index contributed by atoms with van der Waals surface area (Å²) in [4.78, 5) is 0. The SMILES string of the molecule is COC(C)CNC1(CN)CCC(C(C)(C)C)CC1. The van der Waals surface area contributed by atoms with E-state index < -0.39 is 0 Å². The van der Waals surface area contributed by atoms with Gasteiger partial charge in [0.1, 0.15) is 0 Å². The lowest BCUT2D eigenvalue weighted by Gasteiger charge is -2.44. The van der Waals surface area contributed by atoms with Gasteiger partial charge >= 0.3 is 0 Å². The van der Waals surface area contributed by atoms with Crippen LogP contribution in [0.15, 0.2) is 0 Å². The van der Waals surface area contributed by atoms with E-state index in [1.807, 2.05) is 0 Å². The van der Waals surface area contributed by atoms with Crippen molar-refractivity contribution in [1.82, 2.24) is 5.32 Å². The Balaban J connectivity index is 2.49. The molecule has 1 unspecified atom stereocenters. The minimum atomic E-state index is 0.147. The first-order valence-corrected chi connectivity index (χ1v) is 7.31. The van der Waals surface area contributed by atoms with Crippen molar-refractivity contribution >= 4 is 0 Å². The van der Waals surface area contributed by atoms with Crippen molar-refractivity contribution in [2.45, 2.75) is 65.0 Å². The molecule has 1 rings (SSSR count). The second-order valence-electron chi connectivity index (χ2n) is 7.05. The normalized spacial score (nSPS) is 31.3. The fraction of sp³-hybridized carbons (Fsp3) is 1.00. The molecule has 3 N–H and O–H groups in total. The summed E-state index contributed by atoms with van der Waals surface area (Å²) in [6.45, 7) is 10.8. The molecule has 0 aliphatic heterocycles. The van der Waals surface area contributed by atoms with Crippen LogP contribution >= 0.6 is 0 Å². The van der Waals surface area contributed by atoms with E-state index in [4.69, 9.17) is 10.5 Å². The van der Waals surface area contributed by atoms with Crippen LogP contribution in [0.1, 0.15) is 53.4 Å². The minimum Gasteiger partial charge on any atom is -0.380 e. The van der Waals surface area contributed by atoms with Crippen LogP contribution in [0.3, 0.4) is 0 Å². The molecule has 1 saturated carbocycles. The predicted octanol–water partition coefficient (Wildman–Crippen LogP) is 2.54. The van der Waals surface area contributed by atoms with Crippen molar-refractivity contribution in [3.8, 4) is 0 Å². The lowest BCUT2D eigenvalue weighted by Crippen LogP contribution is -2.55. The van der Waals surface area contributed by atoms with E-state index in [2.05, 4.69) is 33.0 Å². The highest BCUT2D eigenvalue weighted by Crippen LogP contribution is 2.41. The first-order valence-electron chi connectivity index (χ1n) is 7.31. The molecule has 0 spiro atoms. The molecule has 1 aliphatic rings. The number of methoxy groups -OCH3 is 1. The van der Waals surface area contributed by atoms with Crippen molar-refractivity contribution in [2.75, 3.05) is 20.2 Å². The lowest BCUT2D eigenvalue weighted by atomic mass is 9.67. The van der Waals surface area contributed by atoms with Crippen LogP contribution < -0.4 is 11.1 Å². The van der Waals surface area contributed by atoms with Gasteiger partial charge in [0, 0.05) is 25.7 Å². The molecule has 1 atom stereocenters. The zero-order chi connectivity index (χ0) is 13.8. The van der Waals surface area contributed by atoms with E-state index in [-0.39, 0.29) is 11.6 Å². The number of rotatable bonds is 5. The second kappa shape index (κ2) is 6.36. The van der Waals surface area contributed by atoms with Crippen LogP contribution in [0.5, 0.6) is 0 Å². The van der Waals surface area contributed by atoms with Gasteiger partial charge in [-0.25, -0.2) is 0 Å². The Kier molecular flexibility index (Phi) is 5.63. The Morgan fingerprint density at radius 2 is 1.89 bits per heavy atom. The number of hydrogen-bond acceptors (Lipinski definition) is 3. The van der Waals surface area contributed by atoms with Gasteiger partial charge < -0.3 is 15.8 Å². The van der Waals surface area contributed by atoms with E-state index in [0.717, 1.165) is 19.0 Å². The van der Waals surface area contributed by atoms with Crippen LogP contribution in [0.2, 0.25) is 0 Å². The van der Waals surface area contributed by atoms with E-state index >= 15 is 0 Å². The first kappa shape index (κ1) is 15.9. The second-order valence-corrected chi connectivity index (χ2v) is 7.05. The third-order valence-electron chi connectivity index (χ3n) is 4.73. The maximum Gasteiger partial charge on any atom is 0.0667 e. The molecule has 108 valence electrons. The topological polar surface area (TPSA) is 47.3 Å². The maximum absolute atomic E-state index is 6.02. The zero-order valence-electron chi connectivity index (χ0n) is 12.9. The molecule has 0 aromatic rings. The highest BCUT2D eigenvalue weighted by Gasteiger charge is 2.37. The van der Waals surface area contributed by atoms with Crippen LogP contribution in [-0.4, -0.2) is 31.8 Å². The number of ether oxygens (including phenoxy) is 1. The Morgan fingerprint density at radius 3 is 2.28 bits per heavy atom. The zero-order valence-corrected chi connectivity index (χ0v) is 12.9. The highest BCUT2D eigenvalue weighted by atomic mass is 16.5. The molecular weight excluding hydrogens is 224 g/mol. The number of hydrogen-bond donors (Lipinski definition) is 2. The summed E-state index contributed by atoms with van der Waals surface area (Å²) in [6, 6.07) is 0. The van der Waals surface area contributed by atoms with E-state index in [9.17, 15) is 0 Å². The third-order valence-corrected chi connectivity index (χ3v) is 4.73. The minimum absolute atomic E-state index is 0.147. The van der Waals surface area contributed by atoms with Crippen molar-refractivity contribution in [3.63, 3.8) is 0 Å². The standard InChI is InChI=1S/C15H32N2O/c1-12(18-5)10-17-15(11-16)8-6-13(7-9-15)14(2,3)4/h12-13,17H,6-11,16H2,1-5H3. The molecule has 0 heterocycles. The third kappa shape index (κ3) is 4.22. The maximum atomic E-state index is 6.02. The smallest absolute Gasteiger partial charge is 0.0667 e. The van der Waals surface area contributed by atoms with Gasteiger partial charge in [0.2, 0.25) is 0 Å². The van der Waals surface area contributed by atoms with Crippen LogP contribution in [0.4, 0.5) is 0 Å². The molecule has 18 heavy (non-hydrogen) atoms. The van der Waals surface area contributed by atoms with Crippen molar-refractivity contribution in [3.05, 3.63) is 0 Å². The molecule has 0 saturated heterocycles. The molecule has 3 nitrogen and oxygen atoms in total. The Morgan fingerprint density at radius 1 is 1.33 bits per heavy atom. The summed E-state index contributed by atoms with van der Waals surface area (Å²) in [6.07, 6.45) is 5.22. The Hall–Kier alpha value is -0.120. The van der Waals surface area contributed by atoms with E-state index in [1.165, 1.54) is 25.7 Å². The summed E-state index contributed by atoms with van der Waals surface area (Å²) in [7, 11) is 1.76. The van der Waals surface area contributed by atoms with E-state index in [1.54, 1.807) is 7.11 Å². The van der Waals surface area contributed by atoms with Gasteiger partial charge in [0.15, 0.2) is 0 Å². The molecular formula is C15H32N2O. The average molecular weight is 256 g/mol. The number of nitrogens with one attached hydrogen (secondary N) is 1. The van der Waals surface area contributed by atoms with Gasteiger partial charge in [-0.1, -0.05) is 20.8 Å². The summed E-state index contributed by atoms with van der Waals surface area (Å²) in [5, 5.41) is 3.66. The van der Waals surface area contributed by atoms with Gasteiger partial charge in [-0.2, -0.15) is 0 Å². The van der Waals surface area contributed by atoms with E-state index in [0.29, 0.717) is 5.41 Å². The first-order chi connectivity index (χ1) is 8.33. The average Bonchev–Trinajstić information content (AvgIpc) is 2.35. The van der Waals surface area contributed by atoms with Crippen LogP contribution in [-0.2, 0) is 4.74 Å². The largest absolute Gasteiger partial charge is 0.380 e. The molecule has 0 aromatic heterocycles. The predicted molar refractivity (Wildman–Crippen MR) is 77.7 cm³/mol. The van der Waals surface area contributed by atoms with Crippen molar-refractivity contribution < 1.29 is 4.74 Å². The van der Waals surface area contributed by atoms with Crippen LogP contribution in [0.25, 0.3) is 0 Å². The number of nitrogens with two attached hydrogens (primary N) is 1. The molecule has 1 aliphatic carbocycles. The van der Waals surface area contributed by atoms with Gasteiger partial charge in [-0.3, -0.25) is 0 Å². The summed E-state index contributed by atoms with van der Waals surface area (Å²) in [5.74, 6) is 0.832. The fourth-order valence-corrected chi connectivity index (χ4v) is 2.93. The van der Waals surface area contributed by atoms with Gasteiger partial charge in [-0.15, -0.1) is 0 Å². The molecule has 0 bridgehead atoms. The summed E-state index contributed by atoms with van der Waals surface area (Å²) >= 11 is 0. The Labute approximate surface area is 113 Å². The van der Waals surface area contributed by atoms with Gasteiger partial charge in [-0.05, 0) is 43.9 Å². The molecule has 0 amide bonds. The van der Waals surface area contributed by atoms with Gasteiger partial charge in [0.05, 0.1) is 6.10 Å². The van der Waals surface area contributed by atoms with Gasteiger partial charge in [0.25, 0.3) is 0 Å². The Bertz CT molecular complexity index is 239. The molecule has 0 aromatic carbocycles. The monoisotopic (exact) mass is 256 g/mol. The highest BCUT2D eigenvalue weighted by molar-refractivity contribution is 4.96. The van der Waals surface area contributed by atoms with Crippen LogP contribution in [0, 0.1) is 11.3 Å². The van der Waals surface area contributed by atoms with Crippen molar-refractivity contribution in [1.29, 1.82) is 0 Å². The molecule has 3 heteroatoms. The lowest BCUT2D eigenvalue weighted by molar-refractivity contribution is 0.0826. The molecule has 0 radical (unpaired) electrons. The fourth-order valence-electron chi connectivity index (χ4n) is 2.93.